The van der Waals surface area contributed by atoms with Gasteiger partial charge in [-0.15, -0.1) is 0 Å². The first-order valence-corrected chi connectivity index (χ1v) is 11.2. The van der Waals surface area contributed by atoms with E-state index in [9.17, 15) is 0 Å². The van der Waals surface area contributed by atoms with Crippen molar-refractivity contribution in [1.82, 2.24) is 0 Å². The Morgan fingerprint density at radius 2 is 1.21 bits per heavy atom. The molecule has 0 aromatic heterocycles. The molecule has 144 valence electrons. The van der Waals surface area contributed by atoms with E-state index in [2.05, 4.69) is 131 Å². The highest BCUT2D eigenvalue weighted by molar-refractivity contribution is 14.1. The summed E-state index contributed by atoms with van der Waals surface area (Å²) in [5.74, 6) is 0. The van der Waals surface area contributed by atoms with E-state index in [0.717, 1.165) is 36.0 Å². The Morgan fingerprint density at radius 3 is 1.57 bits per heavy atom. The minimum Gasteiger partial charge on any atom is -0.354 e. The third-order valence-electron chi connectivity index (χ3n) is 5.00. The number of rotatable bonds is 9. The van der Waals surface area contributed by atoms with E-state index >= 15 is 0 Å². The Kier molecular flexibility index (Phi) is 7.87. The van der Waals surface area contributed by atoms with Gasteiger partial charge in [0.1, 0.15) is 5.60 Å². The fourth-order valence-corrected chi connectivity index (χ4v) is 4.09. The number of hydrogen-bond donors (Lipinski definition) is 0. The molecule has 3 rings (SSSR count). The molecule has 0 bridgehead atoms. The third-order valence-corrected chi connectivity index (χ3v) is 5.41. The SMILES string of the molecule is CCCCC(C=CI)OC(c1ccccc1)(c1ccccc1)c1ccccc1. The summed E-state index contributed by atoms with van der Waals surface area (Å²) in [6, 6.07) is 31.8. The van der Waals surface area contributed by atoms with Gasteiger partial charge in [-0.2, -0.15) is 0 Å². The molecule has 0 saturated heterocycles. The highest BCUT2D eigenvalue weighted by atomic mass is 127. The van der Waals surface area contributed by atoms with Crippen molar-refractivity contribution in [2.24, 2.45) is 0 Å². The molecule has 0 saturated carbocycles. The van der Waals surface area contributed by atoms with E-state index in [1.54, 1.807) is 0 Å². The maximum Gasteiger partial charge on any atom is 0.144 e. The molecule has 1 unspecified atom stereocenters. The first-order chi connectivity index (χ1) is 13.8. The van der Waals surface area contributed by atoms with Crippen LogP contribution in [-0.4, -0.2) is 6.10 Å². The summed E-state index contributed by atoms with van der Waals surface area (Å²) in [6.07, 6.45) is 5.52. The summed E-state index contributed by atoms with van der Waals surface area (Å²) in [4.78, 5) is 0. The topological polar surface area (TPSA) is 9.23 Å². The highest BCUT2D eigenvalue weighted by Crippen LogP contribution is 2.42. The fourth-order valence-electron chi connectivity index (χ4n) is 3.63. The molecule has 0 fully saturated rings. The van der Waals surface area contributed by atoms with Crippen LogP contribution in [0.15, 0.2) is 101 Å². The van der Waals surface area contributed by atoms with Gasteiger partial charge in [0, 0.05) is 0 Å². The molecule has 0 heterocycles. The van der Waals surface area contributed by atoms with E-state index in [4.69, 9.17) is 4.74 Å². The standard InChI is InChI=1S/C26H27IO/c1-2-3-19-25(20-21-27)28-26(22-13-7-4-8-14-22,23-15-9-5-10-16-23)24-17-11-6-12-18-24/h4-18,20-21,25H,2-3,19H2,1H3. The quantitative estimate of drug-likeness (QED) is 0.227. The van der Waals surface area contributed by atoms with Crippen molar-refractivity contribution in [2.75, 3.05) is 0 Å². The normalized spacial score (nSPS) is 12.9. The summed E-state index contributed by atoms with van der Waals surface area (Å²) in [5.41, 5.74) is 2.79. The Morgan fingerprint density at radius 1 is 0.786 bits per heavy atom. The minimum absolute atomic E-state index is 0.0393. The first kappa shape index (κ1) is 20.8. The maximum atomic E-state index is 7.05. The molecule has 0 amide bonds. The van der Waals surface area contributed by atoms with Crippen molar-refractivity contribution in [2.45, 2.75) is 37.9 Å². The summed E-state index contributed by atoms with van der Waals surface area (Å²) >= 11 is 2.29. The van der Waals surface area contributed by atoms with Gasteiger partial charge in [0.15, 0.2) is 0 Å². The Labute approximate surface area is 182 Å². The van der Waals surface area contributed by atoms with Crippen LogP contribution in [0.3, 0.4) is 0 Å². The van der Waals surface area contributed by atoms with Gasteiger partial charge in [-0.25, -0.2) is 0 Å². The van der Waals surface area contributed by atoms with E-state index in [-0.39, 0.29) is 6.10 Å². The Hall–Kier alpha value is -1.91. The average molecular weight is 482 g/mol. The molecular weight excluding hydrogens is 455 g/mol. The molecule has 0 aliphatic carbocycles. The molecule has 1 nitrogen and oxygen atoms in total. The van der Waals surface area contributed by atoms with Crippen LogP contribution in [-0.2, 0) is 10.3 Å². The summed E-state index contributed by atoms with van der Waals surface area (Å²) in [6.45, 7) is 2.23. The smallest absolute Gasteiger partial charge is 0.144 e. The van der Waals surface area contributed by atoms with Crippen molar-refractivity contribution in [1.29, 1.82) is 0 Å². The number of ether oxygens (including phenoxy) is 1. The molecule has 0 spiro atoms. The lowest BCUT2D eigenvalue weighted by Crippen LogP contribution is -2.36. The van der Waals surface area contributed by atoms with Gasteiger partial charge in [-0.05, 0) is 33.3 Å². The lowest BCUT2D eigenvalue weighted by molar-refractivity contribution is -0.0283. The van der Waals surface area contributed by atoms with Crippen molar-refractivity contribution < 1.29 is 4.74 Å². The van der Waals surface area contributed by atoms with Gasteiger partial charge in [-0.1, -0.05) is 133 Å². The fraction of sp³-hybridized carbons (Fsp3) is 0.231. The maximum absolute atomic E-state index is 7.05. The number of hydrogen-bond acceptors (Lipinski definition) is 1. The molecule has 0 radical (unpaired) electrons. The lowest BCUT2D eigenvalue weighted by Gasteiger charge is -2.38. The van der Waals surface area contributed by atoms with Crippen molar-refractivity contribution in [3.05, 3.63) is 118 Å². The summed E-state index contributed by atoms with van der Waals surface area (Å²) in [5, 5.41) is 0. The largest absolute Gasteiger partial charge is 0.354 e. The molecule has 1 atom stereocenters. The number of benzene rings is 3. The second kappa shape index (κ2) is 10.6. The van der Waals surface area contributed by atoms with E-state index in [1.807, 2.05) is 0 Å². The third kappa shape index (κ3) is 4.73. The Bertz CT molecular complexity index is 747. The van der Waals surface area contributed by atoms with Gasteiger partial charge >= 0.3 is 0 Å². The van der Waals surface area contributed by atoms with Crippen LogP contribution in [0.2, 0.25) is 0 Å². The van der Waals surface area contributed by atoms with E-state index in [1.165, 1.54) is 0 Å². The van der Waals surface area contributed by atoms with Gasteiger partial charge < -0.3 is 4.74 Å². The lowest BCUT2D eigenvalue weighted by atomic mass is 9.79. The summed E-state index contributed by atoms with van der Waals surface area (Å²) < 4.78 is 9.12. The van der Waals surface area contributed by atoms with Crippen LogP contribution in [0.1, 0.15) is 42.9 Å². The van der Waals surface area contributed by atoms with Crippen molar-refractivity contribution in [3.63, 3.8) is 0 Å². The molecule has 28 heavy (non-hydrogen) atoms. The zero-order valence-corrected chi connectivity index (χ0v) is 18.5. The van der Waals surface area contributed by atoms with Crippen LogP contribution in [0.4, 0.5) is 0 Å². The molecule has 0 N–H and O–H groups in total. The highest BCUT2D eigenvalue weighted by Gasteiger charge is 2.39. The minimum atomic E-state index is -0.654. The average Bonchev–Trinajstić information content (AvgIpc) is 2.77. The first-order valence-electron chi connectivity index (χ1n) is 9.92. The second-order valence-electron chi connectivity index (χ2n) is 6.90. The zero-order valence-electron chi connectivity index (χ0n) is 16.3. The van der Waals surface area contributed by atoms with Crippen LogP contribution < -0.4 is 0 Å². The van der Waals surface area contributed by atoms with Gasteiger partial charge in [0.05, 0.1) is 6.10 Å². The van der Waals surface area contributed by atoms with Gasteiger partial charge in [-0.3, -0.25) is 0 Å². The Balaban J connectivity index is 2.21. The predicted molar refractivity (Wildman–Crippen MR) is 127 cm³/mol. The van der Waals surface area contributed by atoms with Crippen LogP contribution >= 0.6 is 22.6 Å². The van der Waals surface area contributed by atoms with E-state index in [0.29, 0.717) is 0 Å². The van der Waals surface area contributed by atoms with Gasteiger partial charge in [0.25, 0.3) is 0 Å². The zero-order chi connectivity index (χ0) is 19.7. The van der Waals surface area contributed by atoms with Crippen LogP contribution in [0, 0.1) is 0 Å². The number of unbranched alkanes of at least 4 members (excludes halogenated alkanes) is 1. The van der Waals surface area contributed by atoms with Crippen molar-refractivity contribution >= 4 is 22.6 Å². The van der Waals surface area contributed by atoms with Gasteiger partial charge in [0.2, 0.25) is 0 Å². The second-order valence-corrected chi connectivity index (χ2v) is 7.62. The molecule has 0 aliphatic heterocycles. The predicted octanol–water partition coefficient (Wildman–Crippen LogP) is 7.50. The van der Waals surface area contributed by atoms with Crippen molar-refractivity contribution in [3.8, 4) is 0 Å². The van der Waals surface area contributed by atoms with Crippen LogP contribution in [0.5, 0.6) is 0 Å². The van der Waals surface area contributed by atoms with Crippen LogP contribution in [0.25, 0.3) is 0 Å². The van der Waals surface area contributed by atoms with E-state index < -0.39 is 5.60 Å². The summed E-state index contributed by atoms with van der Waals surface area (Å²) in [7, 11) is 0. The number of halogens is 1. The molecule has 3 aromatic carbocycles. The molecule has 0 aliphatic rings. The molecular formula is C26H27IO. The molecule has 2 heteroatoms. The monoisotopic (exact) mass is 482 g/mol. The molecule has 3 aromatic rings.